The molecule has 0 aromatic carbocycles. The Kier molecular flexibility index (Phi) is 3.80. The van der Waals surface area contributed by atoms with Crippen LogP contribution in [-0.2, 0) is 0 Å². The number of anilines is 2. The summed E-state index contributed by atoms with van der Waals surface area (Å²) in [6.45, 7) is 1.43. The molecule has 7 heteroatoms. The van der Waals surface area contributed by atoms with E-state index in [0.717, 1.165) is 24.4 Å². The molecule has 0 spiro atoms. The van der Waals surface area contributed by atoms with Crippen LogP contribution in [0.2, 0.25) is 0 Å². The summed E-state index contributed by atoms with van der Waals surface area (Å²) in [5.41, 5.74) is 5.87. The molecule has 2 fully saturated rings. The van der Waals surface area contributed by atoms with Crippen LogP contribution in [0.5, 0.6) is 0 Å². The number of carbonyl (C=O) groups is 1. The molecular formula is C13H20N4O2S. The van der Waals surface area contributed by atoms with Crippen molar-refractivity contribution in [2.45, 2.75) is 31.7 Å². The molecule has 2 heterocycles. The third-order valence-electron chi connectivity index (χ3n) is 4.11. The van der Waals surface area contributed by atoms with E-state index in [2.05, 4.69) is 10.3 Å². The molecule has 1 aromatic heterocycles. The molecule has 1 aromatic rings. The minimum Gasteiger partial charge on any atom is -0.396 e. The predicted molar refractivity (Wildman–Crippen MR) is 78.9 cm³/mol. The van der Waals surface area contributed by atoms with E-state index in [0.29, 0.717) is 29.8 Å². The minimum absolute atomic E-state index is 0.0578. The number of hydrogen-bond donors (Lipinski definition) is 3. The fourth-order valence-corrected chi connectivity index (χ4v) is 3.51. The van der Waals surface area contributed by atoms with Gasteiger partial charge in [0.25, 0.3) is 5.91 Å². The van der Waals surface area contributed by atoms with E-state index in [9.17, 15) is 4.79 Å². The fraction of sp³-hybridized carbons (Fsp3) is 0.692. The Morgan fingerprint density at radius 3 is 2.90 bits per heavy atom. The molecule has 1 aliphatic heterocycles. The zero-order chi connectivity index (χ0) is 14.1. The summed E-state index contributed by atoms with van der Waals surface area (Å²) in [6, 6.07) is 0.481. The molecule has 4 N–H and O–H groups in total. The van der Waals surface area contributed by atoms with Crippen LogP contribution in [0.4, 0.5) is 10.9 Å². The highest BCUT2D eigenvalue weighted by molar-refractivity contribution is 7.18. The number of nitrogens with one attached hydrogen (secondary N) is 1. The van der Waals surface area contributed by atoms with Gasteiger partial charge in [0.05, 0.1) is 0 Å². The Hall–Kier alpha value is -1.34. The molecule has 0 bridgehead atoms. The molecule has 20 heavy (non-hydrogen) atoms. The van der Waals surface area contributed by atoms with E-state index >= 15 is 0 Å². The second-order valence-corrected chi connectivity index (χ2v) is 6.59. The summed E-state index contributed by atoms with van der Waals surface area (Å²) in [6.07, 6.45) is 4.43. The van der Waals surface area contributed by atoms with E-state index in [4.69, 9.17) is 10.8 Å². The fourth-order valence-electron chi connectivity index (χ4n) is 2.58. The minimum atomic E-state index is -0.0578. The summed E-state index contributed by atoms with van der Waals surface area (Å²) in [5, 5.41) is 13.2. The first kappa shape index (κ1) is 13.6. The number of nitrogens with zero attached hydrogens (tertiary/aromatic N) is 2. The van der Waals surface area contributed by atoms with Gasteiger partial charge in [-0.1, -0.05) is 11.3 Å². The summed E-state index contributed by atoms with van der Waals surface area (Å²) in [4.78, 5) is 19.0. The maximum atomic E-state index is 12.4. The van der Waals surface area contributed by atoms with E-state index in [-0.39, 0.29) is 18.4 Å². The summed E-state index contributed by atoms with van der Waals surface area (Å²) in [5.74, 6) is 0.451. The number of aromatic nitrogens is 1. The first-order valence-corrected chi connectivity index (χ1v) is 7.92. The van der Waals surface area contributed by atoms with Gasteiger partial charge in [-0.2, -0.15) is 0 Å². The van der Waals surface area contributed by atoms with Crippen molar-refractivity contribution in [2.24, 2.45) is 5.92 Å². The molecule has 1 atom stereocenters. The van der Waals surface area contributed by atoms with E-state index in [1.54, 1.807) is 4.90 Å². The summed E-state index contributed by atoms with van der Waals surface area (Å²) in [7, 11) is 0. The molecule has 2 aliphatic rings. The number of nitrogen functional groups attached to an aromatic ring is 1. The van der Waals surface area contributed by atoms with Crippen molar-refractivity contribution in [1.82, 2.24) is 9.88 Å². The van der Waals surface area contributed by atoms with Gasteiger partial charge in [-0.3, -0.25) is 4.79 Å². The molecule has 1 unspecified atom stereocenters. The average molecular weight is 296 g/mol. The van der Waals surface area contributed by atoms with E-state index < -0.39 is 0 Å². The Morgan fingerprint density at radius 2 is 2.30 bits per heavy atom. The van der Waals surface area contributed by atoms with Gasteiger partial charge in [0.2, 0.25) is 0 Å². The van der Waals surface area contributed by atoms with Crippen molar-refractivity contribution in [3.8, 4) is 0 Å². The predicted octanol–water partition coefficient (Wildman–Crippen LogP) is 1.14. The van der Waals surface area contributed by atoms with E-state index in [1.165, 1.54) is 17.8 Å². The number of rotatable bonds is 4. The second-order valence-electron chi connectivity index (χ2n) is 5.59. The van der Waals surface area contributed by atoms with Crippen LogP contribution in [0.1, 0.15) is 35.4 Å². The highest BCUT2D eigenvalue weighted by Gasteiger charge is 2.29. The smallest absolute Gasteiger partial charge is 0.267 e. The van der Waals surface area contributed by atoms with Crippen LogP contribution in [-0.4, -0.2) is 46.6 Å². The Bertz CT molecular complexity index is 501. The molecule has 1 saturated carbocycles. The molecule has 110 valence electrons. The van der Waals surface area contributed by atoms with Crippen molar-refractivity contribution in [2.75, 3.05) is 30.7 Å². The van der Waals surface area contributed by atoms with Gasteiger partial charge in [-0.15, -0.1) is 0 Å². The quantitative estimate of drug-likeness (QED) is 0.775. The van der Waals surface area contributed by atoms with Gasteiger partial charge in [0, 0.05) is 31.7 Å². The lowest BCUT2D eigenvalue weighted by Crippen LogP contribution is -2.29. The van der Waals surface area contributed by atoms with Gasteiger partial charge in [0.15, 0.2) is 5.13 Å². The number of thiazole rings is 1. The molecule has 6 nitrogen and oxygen atoms in total. The molecular weight excluding hydrogens is 276 g/mol. The Balaban J connectivity index is 1.68. The first-order chi connectivity index (χ1) is 9.67. The normalized spacial score (nSPS) is 22.9. The van der Waals surface area contributed by atoms with Gasteiger partial charge >= 0.3 is 0 Å². The molecule has 1 aliphatic carbocycles. The zero-order valence-electron chi connectivity index (χ0n) is 11.3. The topological polar surface area (TPSA) is 91.5 Å². The molecule has 0 radical (unpaired) electrons. The van der Waals surface area contributed by atoms with Gasteiger partial charge < -0.3 is 21.1 Å². The third kappa shape index (κ3) is 2.60. The summed E-state index contributed by atoms with van der Waals surface area (Å²) < 4.78 is 0. The number of aliphatic hydroxyl groups is 1. The largest absolute Gasteiger partial charge is 0.396 e. The Labute approximate surface area is 122 Å². The molecule has 1 saturated heterocycles. The SMILES string of the molecule is Nc1nc(NC2CCC2)sc1C(=O)N1CCC(CO)C1. The lowest BCUT2D eigenvalue weighted by Gasteiger charge is -2.25. The van der Waals surface area contributed by atoms with Gasteiger partial charge in [0.1, 0.15) is 10.7 Å². The van der Waals surface area contributed by atoms with Crippen LogP contribution in [0.3, 0.4) is 0 Å². The van der Waals surface area contributed by atoms with E-state index in [1.807, 2.05) is 0 Å². The van der Waals surface area contributed by atoms with Crippen LogP contribution >= 0.6 is 11.3 Å². The van der Waals surface area contributed by atoms with Crippen molar-refractivity contribution in [3.63, 3.8) is 0 Å². The van der Waals surface area contributed by atoms with Crippen molar-refractivity contribution >= 4 is 28.2 Å². The Morgan fingerprint density at radius 1 is 1.50 bits per heavy atom. The van der Waals surface area contributed by atoms with Crippen LogP contribution in [0.25, 0.3) is 0 Å². The lowest BCUT2D eigenvalue weighted by atomic mass is 9.93. The summed E-state index contributed by atoms with van der Waals surface area (Å²) >= 11 is 1.34. The van der Waals surface area contributed by atoms with Gasteiger partial charge in [-0.25, -0.2) is 4.98 Å². The molecule has 1 amide bonds. The number of aliphatic hydroxyl groups excluding tert-OH is 1. The second kappa shape index (κ2) is 5.57. The lowest BCUT2D eigenvalue weighted by molar-refractivity contribution is 0.0787. The number of likely N-dealkylation sites (tertiary alicyclic amines) is 1. The number of carbonyl (C=O) groups excluding carboxylic acids is 1. The van der Waals surface area contributed by atoms with Crippen molar-refractivity contribution in [3.05, 3.63) is 4.88 Å². The number of amides is 1. The average Bonchev–Trinajstić information content (AvgIpc) is 2.99. The van der Waals surface area contributed by atoms with Crippen LogP contribution in [0.15, 0.2) is 0 Å². The monoisotopic (exact) mass is 296 g/mol. The highest BCUT2D eigenvalue weighted by Crippen LogP contribution is 2.31. The number of hydrogen-bond acceptors (Lipinski definition) is 6. The van der Waals surface area contributed by atoms with Crippen LogP contribution in [0, 0.1) is 5.92 Å². The maximum absolute atomic E-state index is 12.4. The zero-order valence-corrected chi connectivity index (χ0v) is 12.2. The number of nitrogens with two attached hydrogens (primary N) is 1. The standard InChI is InChI=1S/C13H20N4O2S/c14-11-10(12(19)17-5-4-8(6-17)7-18)20-13(16-11)15-9-2-1-3-9/h8-9,18H,1-7,14H2,(H,15,16). The third-order valence-corrected chi connectivity index (χ3v) is 5.10. The molecule has 3 rings (SSSR count). The van der Waals surface area contributed by atoms with Crippen LogP contribution < -0.4 is 11.1 Å². The van der Waals surface area contributed by atoms with Gasteiger partial charge in [-0.05, 0) is 25.7 Å². The van der Waals surface area contributed by atoms with Crippen molar-refractivity contribution in [1.29, 1.82) is 0 Å². The first-order valence-electron chi connectivity index (χ1n) is 7.10. The van der Waals surface area contributed by atoms with Crippen molar-refractivity contribution < 1.29 is 9.90 Å². The highest BCUT2D eigenvalue weighted by atomic mass is 32.1. The maximum Gasteiger partial charge on any atom is 0.267 e.